The van der Waals surface area contributed by atoms with Crippen LogP contribution in [0.15, 0.2) is 17.8 Å². The molecule has 3 heterocycles. The number of fused-ring (bicyclic) bond motifs is 1. The van der Waals surface area contributed by atoms with Crippen LogP contribution in [0.4, 0.5) is 0 Å². The quantitative estimate of drug-likeness (QED) is 0.904. The van der Waals surface area contributed by atoms with Crippen LogP contribution in [0.2, 0.25) is 0 Å². The Morgan fingerprint density at radius 1 is 1.53 bits per heavy atom. The zero-order chi connectivity index (χ0) is 13.4. The zero-order valence-corrected chi connectivity index (χ0v) is 11.0. The summed E-state index contributed by atoms with van der Waals surface area (Å²) in [5, 5.41) is 10.9. The molecule has 0 aromatic carbocycles. The summed E-state index contributed by atoms with van der Waals surface area (Å²) in [6.07, 6.45) is 4.38. The molecule has 0 bridgehead atoms. The van der Waals surface area contributed by atoms with Gasteiger partial charge in [-0.2, -0.15) is 0 Å². The molecule has 0 radical (unpaired) electrons. The average Bonchev–Trinajstić information content (AvgIpc) is 3.05. The number of aromatic nitrogens is 2. The van der Waals surface area contributed by atoms with E-state index in [0.29, 0.717) is 25.9 Å². The number of aliphatic carboxylic acids is 1. The van der Waals surface area contributed by atoms with Crippen LogP contribution in [0.25, 0.3) is 4.96 Å². The zero-order valence-electron chi connectivity index (χ0n) is 10.2. The molecule has 1 N–H and O–H groups in total. The van der Waals surface area contributed by atoms with E-state index in [9.17, 15) is 9.59 Å². The van der Waals surface area contributed by atoms with Gasteiger partial charge < -0.3 is 10.0 Å². The van der Waals surface area contributed by atoms with Crippen LogP contribution >= 0.6 is 11.3 Å². The summed E-state index contributed by atoms with van der Waals surface area (Å²) in [4.78, 5) is 29.7. The first kappa shape index (κ1) is 12.2. The van der Waals surface area contributed by atoms with Crippen molar-refractivity contribution in [1.82, 2.24) is 14.3 Å². The second kappa shape index (κ2) is 4.65. The number of carbonyl (C=O) groups is 2. The summed E-state index contributed by atoms with van der Waals surface area (Å²) in [6, 6.07) is 0. The first-order valence-corrected chi connectivity index (χ1v) is 6.93. The standard InChI is InChI=1S/C12H13N3O3S/c16-10(14-3-1-8(6-14)11(17)18)5-9-7-19-12-13-2-4-15(9)12/h2,4,7-8H,1,3,5-6H2,(H,17,18). The van der Waals surface area contributed by atoms with Gasteiger partial charge in [0.15, 0.2) is 4.96 Å². The van der Waals surface area contributed by atoms with E-state index in [4.69, 9.17) is 5.11 Å². The molecule has 1 atom stereocenters. The van der Waals surface area contributed by atoms with Crippen LogP contribution in [0.5, 0.6) is 0 Å². The van der Waals surface area contributed by atoms with Crippen LogP contribution in [0.1, 0.15) is 12.1 Å². The number of likely N-dealkylation sites (tertiary alicyclic amines) is 1. The molecule has 19 heavy (non-hydrogen) atoms. The summed E-state index contributed by atoms with van der Waals surface area (Å²) in [5.41, 5.74) is 0.904. The SMILES string of the molecule is O=C(O)C1CCN(C(=O)Cc2csc3nccn23)C1. The molecule has 6 nitrogen and oxygen atoms in total. The molecule has 7 heteroatoms. The van der Waals surface area contributed by atoms with Gasteiger partial charge >= 0.3 is 5.97 Å². The van der Waals surface area contributed by atoms with Crippen molar-refractivity contribution in [2.24, 2.45) is 5.92 Å². The monoisotopic (exact) mass is 279 g/mol. The molecular formula is C12H13N3O3S. The number of hydrogen-bond donors (Lipinski definition) is 1. The first-order chi connectivity index (χ1) is 9.15. The number of thiazole rings is 1. The van der Waals surface area contributed by atoms with Crippen molar-refractivity contribution in [1.29, 1.82) is 0 Å². The van der Waals surface area contributed by atoms with E-state index < -0.39 is 11.9 Å². The Bertz CT molecular complexity index is 633. The Hall–Kier alpha value is -1.89. The molecule has 1 fully saturated rings. The summed E-state index contributed by atoms with van der Waals surface area (Å²) >= 11 is 1.50. The van der Waals surface area contributed by atoms with Crippen LogP contribution in [-0.4, -0.2) is 44.4 Å². The van der Waals surface area contributed by atoms with Gasteiger partial charge in [-0.1, -0.05) is 0 Å². The minimum Gasteiger partial charge on any atom is -0.481 e. The molecule has 0 saturated carbocycles. The van der Waals surface area contributed by atoms with Gasteiger partial charge in [0.25, 0.3) is 0 Å². The largest absolute Gasteiger partial charge is 0.481 e. The highest BCUT2D eigenvalue weighted by Gasteiger charge is 2.30. The molecule has 2 aromatic heterocycles. The minimum absolute atomic E-state index is 0.0165. The predicted molar refractivity (Wildman–Crippen MR) is 69.1 cm³/mol. The highest BCUT2D eigenvalue weighted by molar-refractivity contribution is 7.15. The molecule has 1 aliphatic rings. The fourth-order valence-electron chi connectivity index (χ4n) is 2.35. The number of rotatable bonds is 3. The highest BCUT2D eigenvalue weighted by atomic mass is 32.1. The summed E-state index contributed by atoms with van der Waals surface area (Å²) in [7, 11) is 0. The molecule has 1 saturated heterocycles. The Balaban J connectivity index is 1.69. The van der Waals surface area contributed by atoms with Gasteiger partial charge in [0.2, 0.25) is 5.91 Å². The maximum absolute atomic E-state index is 12.2. The van der Waals surface area contributed by atoms with E-state index in [1.165, 1.54) is 11.3 Å². The van der Waals surface area contributed by atoms with E-state index in [-0.39, 0.29) is 5.91 Å². The lowest BCUT2D eigenvalue weighted by Crippen LogP contribution is -2.31. The Morgan fingerprint density at radius 2 is 2.37 bits per heavy atom. The second-order valence-corrected chi connectivity index (χ2v) is 5.48. The van der Waals surface area contributed by atoms with Crippen molar-refractivity contribution < 1.29 is 14.7 Å². The van der Waals surface area contributed by atoms with Crippen LogP contribution in [0, 0.1) is 5.92 Å². The molecule has 2 aromatic rings. The number of carboxylic acids is 1. The van der Waals surface area contributed by atoms with Gasteiger partial charge in [-0.15, -0.1) is 11.3 Å². The Kier molecular flexibility index (Phi) is 2.98. The van der Waals surface area contributed by atoms with E-state index in [1.54, 1.807) is 11.1 Å². The van der Waals surface area contributed by atoms with Gasteiger partial charge in [0.1, 0.15) is 0 Å². The van der Waals surface area contributed by atoms with E-state index >= 15 is 0 Å². The van der Waals surface area contributed by atoms with Crippen molar-refractivity contribution in [3.63, 3.8) is 0 Å². The molecule has 1 unspecified atom stereocenters. The molecule has 0 aliphatic carbocycles. The van der Waals surface area contributed by atoms with E-state index in [2.05, 4.69) is 4.98 Å². The van der Waals surface area contributed by atoms with Crippen molar-refractivity contribution in [2.75, 3.05) is 13.1 Å². The fraction of sp³-hybridized carbons (Fsp3) is 0.417. The maximum atomic E-state index is 12.2. The molecule has 1 amide bonds. The van der Waals surface area contributed by atoms with Crippen molar-refractivity contribution in [2.45, 2.75) is 12.8 Å². The van der Waals surface area contributed by atoms with Gasteiger partial charge in [0, 0.05) is 36.6 Å². The topological polar surface area (TPSA) is 74.9 Å². The molecule has 100 valence electrons. The van der Waals surface area contributed by atoms with E-state index in [1.807, 2.05) is 16.0 Å². The fourth-order valence-corrected chi connectivity index (χ4v) is 3.21. The summed E-state index contributed by atoms with van der Waals surface area (Å²) in [5.74, 6) is -1.25. The number of hydrogen-bond acceptors (Lipinski definition) is 4. The van der Waals surface area contributed by atoms with Crippen molar-refractivity contribution in [3.05, 3.63) is 23.5 Å². The number of nitrogens with zero attached hydrogens (tertiary/aromatic N) is 3. The maximum Gasteiger partial charge on any atom is 0.308 e. The highest BCUT2D eigenvalue weighted by Crippen LogP contribution is 2.19. The number of carbonyl (C=O) groups excluding carboxylic acids is 1. The van der Waals surface area contributed by atoms with Gasteiger partial charge in [-0.05, 0) is 6.42 Å². The predicted octanol–water partition coefficient (Wildman–Crippen LogP) is 0.871. The van der Waals surface area contributed by atoms with Crippen molar-refractivity contribution >= 4 is 28.2 Å². The lowest BCUT2D eigenvalue weighted by atomic mass is 10.1. The third kappa shape index (κ3) is 2.21. The van der Waals surface area contributed by atoms with Crippen molar-refractivity contribution in [3.8, 4) is 0 Å². The molecular weight excluding hydrogens is 266 g/mol. The minimum atomic E-state index is -0.817. The average molecular weight is 279 g/mol. The Labute approximate surface area is 113 Å². The van der Waals surface area contributed by atoms with Crippen LogP contribution in [-0.2, 0) is 16.0 Å². The number of amides is 1. The van der Waals surface area contributed by atoms with Gasteiger partial charge in [-0.25, -0.2) is 4.98 Å². The third-order valence-electron chi connectivity index (χ3n) is 3.44. The van der Waals surface area contributed by atoms with E-state index in [0.717, 1.165) is 10.7 Å². The molecule has 3 rings (SSSR count). The summed E-state index contributed by atoms with van der Waals surface area (Å²) < 4.78 is 1.90. The Morgan fingerprint density at radius 3 is 3.11 bits per heavy atom. The number of imidazole rings is 1. The lowest BCUT2D eigenvalue weighted by molar-refractivity contribution is -0.141. The smallest absolute Gasteiger partial charge is 0.308 e. The third-order valence-corrected chi connectivity index (χ3v) is 4.34. The van der Waals surface area contributed by atoms with Gasteiger partial charge in [0.05, 0.1) is 12.3 Å². The number of carboxylic acid groups (broad SMARTS) is 1. The first-order valence-electron chi connectivity index (χ1n) is 6.05. The second-order valence-electron chi connectivity index (χ2n) is 4.65. The van der Waals surface area contributed by atoms with Crippen LogP contribution in [0.3, 0.4) is 0 Å². The molecule has 1 aliphatic heterocycles. The van der Waals surface area contributed by atoms with Gasteiger partial charge in [-0.3, -0.25) is 14.0 Å². The molecule has 0 spiro atoms. The lowest BCUT2D eigenvalue weighted by Gasteiger charge is -2.15. The van der Waals surface area contributed by atoms with Crippen LogP contribution < -0.4 is 0 Å². The summed E-state index contributed by atoms with van der Waals surface area (Å²) in [6.45, 7) is 0.860. The normalized spacial score (nSPS) is 19.2.